The van der Waals surface area contributed by atoms with E-state index in [4.69, 9.17) is 20.6 Å². The third-order valence-electron chi connectivity index (χ3n) is 5.60. The molecule has 2 aliphatic rings. The quantitative estimate of drug-likeness (QED) is 0.337. The van der Waals surface area contributed by atoms with Crippen LogP contribution in [0.5, 0.6) is 0 Å². The van der Waals surface area contributed by atoms with Crippen LogP contribution in [0.1, 0.15) is 16.7 Å². The van der Waals surface area contributed by atoms with Crippen molar-refractivity contribution in [2.24, 2.45) is 0 Å². The number of nitrogens with two attached hydrogens (primary N) is 1. The molecule has 0 aromatic heterocycles. The van der Waals surface area contributed by atoms with Gasteiger partial charge in [-0.3, -0.25) is 4.90 Å². The smallest absolute Gasteiger partial charge is 0.355 e. The number of aryl methyl sites for hydroxylation is 1. The zero-order valence-electron chi connectivity index (χ0n) is 18.1. The van der Waals surface area contributed by atoms with E-state index in [9.17, 15) is 4.79 Å². The van der Waals surface area contributed by atoms with E-state index in [0.717, 1.165) is 29.1 Å². The summed E-state index contributed by atoms with van der Waals surface area (Å²) in [5.41, 5.74) is 10.1. The van der Waals surface area contributed by atoms with E-state index >= 15 is 0 Å². The summed E-state index contributed by atoms with van der Waals surface area (Å²) in [6.45, 7) is 6.02. The lowest BCUT2D eigenvalue weighted by atomic mass is 10.0. The summed E-state index contributed by atoms with van der Waals surface area (Å²) in [6.07, 6.45) is 0. The van der Waals surface area contributed by atoms with Crippen LogP contribution in [0.4, 0.5) is 5.69 Å². The first kappa shape index (κ1) is 22.4. The van der Waals surface area contributed by atoms with Crippen molar-refractivity contribution in [2.75, 3.05) is 45.2 Å². The van der Waals surface area contributed by atoms with Gasteiger partial charge in [-0.25, -0.2) is 4.79 Å². The minimum absolute atomic E-state index is 0.309. The molecule has 168 valence electrons. The van der Waals surface area contributed by atoms with Crippen molar-refractivity contribution in [3.8, 4) is 0 Å². The van der Waals surface area contributed by atoms with E-state index in [1.54, 1.807) is 0 Å². The molecule has 4 N–H and O–H groups in total. The fourth-order valence-electron chi connectivity index (χ4n) is 3.71. The summed E-state index contributed by atoms with van der Waals surface area (Å²) >= 11 is 1.44. The van der Waals surface area contributed by atoms with Gasteiger partial charge >= 0.3 is 5.97 Å². The number of thioether (sulfide) groups is 1. The van der Waals surface area contributed by atoms with Gasteiger partial charge in [-0.1, -0.05) is 60.3 Å². The van der Waals surface area contributed by atoms with Crippen molar-refractivity contribution >= 4 is 34.0 Å². The van der Waals surface area contributed by atoms with Gasteiger partial charge in [0.25, 0.3) is 0 Å². The van der Waals surface area contributed by atoms with Gasteiger partial charge < -0.3 is 25.9 Å². The highest BCUT2D eigenvalue weighted by atomic mass is 32.2. The molecule has 1 fully saturated rings. The molecule has 0 spiro atoms. The molecule has 8 heteroatoms. The summed E-state index contributed by atoms with van der Waals surface area (Å²) in [7, 11) is 0. The normalized spacial score (nSPS) is 19.0. The molecule has 0 aliphatic carbocycles. The second kappa shape index (κ2) is 10.2. The van der Waals surface area contributed by atoms with Gasteiger partial charge in [0, 0.05) is 35.8 Å². The minimum atomic E-state index is -0.434. The molecule has 7 nitrogen and oxygen atoms in total. The minimum Gasteiger partial charge on any atom is -0.460 e. The van der Waals surface area contributed by atoms with Gasteiger partial charge in [-0.2, -0.15) is 0 Å². The van der Waals surface area contributed by atoms with E-state index < -0.39 is 11.3 Å². The molecule has 32 heavy (non-hydrogen) atoms. The number of nitrogen functional groups attached to an aromatic ring is 1. The van der Waals surface area contributed by atoms with E-state index in [0.29, 0.717) is 49.0 Å². The number of benzene rings is 2. The number of nitrogens with zero attached hydrogens (tertiary/aromatic N) is 1. The second-order valence-corrected chi connectivity index (χ2v) is 8.87. The third kappa shape index (κ3) is 4.98. The molecule has 2 aromatic rings. The molecule has 2 aromatic carbocycles. The van der Waals surface area contributed by atoms with Gasteiger partial charge in [0.1, 0.15) is 17.7 Å². The predicted octanol–water partition coefficient (Wildman–Crippen LogP) is 2.85. The Morgan fingerprint density at radius 3 is 2.72 bits per heavy atom. The van der Waals surface area contributed by atoms with Crippen molar-refractivity contribution in [3.05, 3.63) is 70.9 Å². The van der Waals surface area contributed by atoms with Crippen LogP contribution < -0.4 is 11.1 Å². The van der Waals surface area contributed by atoms with E-state index in [1.807, 2.05) is 55.5 Å². The van der Waals surface area contributed by atoms with Gasteiger partial charge in [0.15, 0.2) is 0 Å². The van der Waals surface area contributed by atoms with E-state index in [-0.39, 0.29) is 0 Å². The number of anilines is 1. The number of hydrogen-bond acceptors (Lipinski definition) is 8. The Morgan fingerprint density at radius 1 is 1.22 bits per heavy atom. The van der Waals surface area contributed by atoms with Gasteiger partial charge in [-0.15, -0.1) is 0 Å². The number of hydrogen-bond donors (Lipinski definition) is 3. The maximum Gasteiger partial charge on any atom is 0.355 e. The lowest BCUT2D eigenvalue weighted by Crippen LogP contribution is -2.39. The predicted molar refractivity (Wildman–Crippen MR) is 129 cm³/mol. The average molecular weight is 453 g/mol. The summed E-state index contributed by atoms with van der Waals surface area (Å²) in [5.74, 6) is -0.405. The van der Waals surface area contributed by atoms with Crippen LogP contribution >= 0.6 is 11.8 Å². The summed E-state index contributed by atoms with van der Waals surface area (Å²) in [6, 6.07) is 15.4. The van der Waals surface area contributed by atoms with Crippen molar-refractivity contribution in [1.82, 2.24) is 10.2 Å². The Kier molecular flexibility index (Phi) is 7.14. The van der Waals surface area contributed by atoms with E-state index in [2.05, 4.69) is 10.2 Å². The monoisotopic (exact) mass is 452 g/mol. The van der Waals surface area contributed by atoms with Crippen LogP contribution in [0.2, 0.25) is 0 Å². The second-order valence-electron chi connectivity index (χ2n) is 7.75. The molecule has 0 saturated carbocycles. The third-order valence-corrected chi connectivity index (χ3v) is 6.86. The molecule has 1 unspecified atom stereocenters. The number of morpholine rings is 1. The fraction of sp³-hybridized carbons (Fsp3) is 0.333. The summed E-state index contributed by atoms with van der Waals surface area (Å²) < 4.78 is 11.0. The first-order chi connectivity index (χ1) is 15.5. The lowest BCUT2D eigenvalue weighted by molar-refractivity contribution is -0.140. The molecule has 0 amide bonds. The lowest BCUT2D eigenvalue weighted by Gasteiger charge is -2.26. The molecule has 2 aliphatic heterocycles. The number of esters is 1. The number of carbonyl (C=O) groups is 1. The molecule has 1 atom stereocenters. The molecule has 4 rings (SSSR count). The average Bonchev–Trinajstić information content (AvgIpc) is 3.27. The molecule has 0 bridgehead atoms. The highest BCUT2D eigenvalue weighted by Gasteiger charge is 2.34. The van der Waals surface area contributed by atoms with Crippen molar-refractivity contribution in [2.45, 2.75) is 12.3 Å². The fourth-order valence-corrected chi connectivity index (χ4v) is 4.90. The highest BCUT2D eigenvalue weighted by molar-refractivity contribution is 8.09. The number of para-hydroxylation sites is 1. The first-order valence-electron chi connectivity index (χ1n) is 10.7. The number of rotatable bonds is 7. The summed E-state index contributed by atoms with van der Waals surface area (Å²) in [5, 5.41) is 11.6. The topological polar surface area (TPSA) is 101 Å². The first-order valence-corrected chi connectivity index (χ1v) is 11.6. The standard InChI is InChI=1S/C24H28N4O3S/c1-16-6-5-9-18(19(16)25)20(26)23-27-21(22(32-23)17-7-3-2-4-8-17)24(29)31-15-12-28-10-13-30-14-11-28/h2-9,23,26-27H,10-15,25H2,1H3. The Hall–Kier alpha value is -2.81. The Bertz CT molecular complexity index is 1020. The van der Waals surface area contributed by atoms with Crippen LogP contribution in [-0.2, 0) is 14.3 Å². The van der Waals surface area contributed by atoms with Crippen LogP contribution in [0.3, 0.4) is 0 Å². The Labute approximate surface area is 192 Å². The molecule has 1 saturated heterocycles. The van der Waals surface area contributed by atoms with Crippen LogP contribution in [0.25, 0.3) is 4.91 Å². The summed E-state index contributed by atoms with van der Waals surface area (Å²) in [4.78, 5) is 16.0. The van der Waals surface area contributed by atoms with Gasteiger partial charge in [0.05, 0.1) is 18.9 Å². The molecule has 0 radical (unpaired) electrons. The number of carbonyl (C=O) groups excluding carboxylic acids is 1. The Balaban J connectivity index is 1.50. The van der Waals surface area contributed by atoms with Gasteiger partial charge in [-0.05, 0) is 18.1 Å². The zero-order valence-corrected chi connectivity index (χ0v) is 18.9. The maximum atomic E-state index is 13.0. The maximum absolute atomic E-state index is 13.0. The highest BCUT2D eigenvalue weighted by Crippen LogP contribution is 2.40. The number of ether oxygens (including phenoxy) is 2. The molecule has 2 heterocycles. The van der Waals surface area contributed by atoms with Crippen LogP contribution in [0.15, 0.2) is 54.2 Å². The van der Waals surface area contributed by atoms with Crippen LogP contribution in [0, 0.1) is 12.3 Å². The van der Waals surface area contributed by atoms with Gasteiger partial charge in [0.2, 0.25) is 0 Å². The van der Waals surface area contributed by atoms with Crippen LogP contribution in [-0.4, -0.2) is 61.4 Å². The Morgan fingerprint density at radius 2 is 1.97 bits per heavy atom. The SMILES string of the molecule is Cc1cccc(C(=N)C2NC(C(=O)OCCN3CCOCC3)=C(c3ccccc3)S2)c1N. The van der Waals surface area contributed by atoms with Crippen molar-refractivity contribution in [3.63, 3.8) is 0 Å². The molecular formula is C24H28N4O3S. The van der Waals surface area contributed by atoms with Crippen molar-refractivity contribution < 1.29 is 14.3 Å². The largest absolute Gasteiger partial charge is 0.460 e. The van der Waals surface area contributed by atoms with Crippen molar-refractivity contribution in [1.29, 1.82) is 5.41 Å². The number of nitrogens with one attached hydrogen (secondary N) is 2. The van der Waals surface area contributed by atoms with E-state index in [1.165, 1.54) is 11.8 Å². The molecular weight excluding hydrogens is 424 g/mol. The zero-order chi connectivity index (χ0) is 22.5.